The minimum Gasteiger partial charge on any atom is -0.272 e. The minimum atomic E-state index is -0.383. The Bertz CT molecular complexity index is 899. The van der Waals surface area contributed by atoms with E-state index >= 15 is 0 Å². The second-order valence-corrected chi connectivity index (χ2v) is 6.51. The van der Waals surface area contributed by atoms with E-state index in [-0.39, 0.29) is 17.6 Å². The molecule has 0 radical (unpaired) electrons. The van der Waals surface area contributed by atoms with Crippen molar-refractivity contribution in [2.75, 3.05) is 5.75 Å². The third kappa shape index (κ3) is 4.84. The highest BCUT2D eigenvalue weighted by Crippen LogP contribution is 2.20. The molecule has 3 rings (SSSR count). The number of hydrazine groups is 1. The van der Waals surface area contributed by atoms with Gasteiger partial charge in [-0.1, -0.05) is 41.6 Å². The van der Waals surface area contributed by atoms with E-state index in [1.807, 2.05) is 12.1 Å². The van der Waals surface area contributed by atoms with Gasteiger partial charge in [-0.3, -0.25) is 25.5 Å². The predicted molar refractivity (Wildman–Crippen MR) is 99.6 cm³/mol. The Hall–Kier alpha value is -2.84. The minimum absolute atomic E-state index is 0.0625. The van der Waals surface area contributed by atoms with Crippen molar-refractivity contribution in [1.82, 2.24) is 26.0 Å². The van der Waals surface area contributed by atoms with Crippen LogP contribution >= 0.6 is 23.4 Å². The summed E-state index contributed by atoms with van der Waals surface area (Å²) in [7, 11) is 0. The smallest absolute Gasteiger partial charge is 0.269 e. The van der Waals surface area contributed by atoms with Crippen LogP contribution in [0.15, 0.2) is 59.8 Å². The molecular weight excluding hydrogens is 374 g/mol. The number of rotatable bonds is 5. The van der Waals surface area contributed by atoms with Gasteiger partial charge in [0.05, 0.1) is 5.75 Å². The number of thioether (sulfide) groups is 1. The fraction of sp³-hybridized carbons (Fsp3) is 0.0588. The van der Waals surface area contributed by atoms with E-state index < -0.39 is 0 Å². The normalized spacial score (nSPS) is 10.3. The topological polar surface area (TPSA) is 99.8 Å². The first-order valence-corrected chi connectivity index (χ1v) is 8.93. The third-order valence-electron chi connectivity index (χ3n) is 3.27. The highest BCUT2D eigenvalue weighted by Gasteiger charge is 2.10. The Labute approximate surface area is 158 Å². The lowest BCUT2D eigenvalue weighted by Gasteiger charge is -2.06. The van der Waals surface area contributed by atoms with Crippen molar-refractivity contribution < 1.29 is 9.59 Å². The molecule has 0 saturated heterocycles. The molecule has 3 N–H and O–H groups in total. The van der Waals surface area contributed by atoms with Crippen LogP contribution in [0, 0.1) is 0 Å². The molecule has 132 valence electrons. The van der Waals surface area contributed by atoms with Crippen LogP contribution in [0.2, 0.25) is 5.02 Å². The molecule has 2 aromatic carbocycles. The summed E-state index contributed by atoms with van der Waals surface area (Å²) in [6.07, 6.45) is 0. The van der Waals surface area contributed by atoms with Crippen molar-refractivity contribution in [3.63, 3.8) is 0 Å². The van der Waals surface area contributed by atoms with Crippen LogP contribution < -0.4 is 10.9 Å². The van der Waals surface area contributed by atoms with Crippen LogP contribution in [-0.4, -0.2) is 32.7 Å². The van der Waals surface area contributed by atoms with Gasteiger partial charge in [0.1, 0.15) is 0 Å². The molecule has 0 bridgehead atoms. The highest BCUT2D eigenvalue weighted by atomic mass is 35.5. The molecule has 0 saturated carbocycles. The zero-order valence-electron chi connectivity index (χ0n) is 13.4. The Morgan fingerprint density at radius 1 is 1.04 bits per heavy atom. The van der Waals surface area contributed by atoms with Gasteiger partial charge in [0.25, 0.3) is 5.91 Å². The van der Waals surface area contributed by atoms with Gasteiger partial charge in [-0.25, -0.2) is 4.98 Å². The van der Waals surface area contributed by atoms with Crippen molar-refractivity contribution >= 4 is 35.2 Å². The van der Waals surface area contributed by atoms with E-state index in [4.69, 9.17) is 11.6 Å². The number of aromatic amines is 1. The van der Waals surface area contributed by atoms with Gasteiger partial charge in [-0.05, 0) is 36.4 Å². The molecule has 26 heavy (non-hydrogen) atoms. The summed E-state index contributed by atoms with van der Waals surface area (Å²) >= 11 is 7.01. The molecule has 1 aromatic heterocycles. The Morgan fingerprint density at radius 3 is 2.50 bits per heavy atom. The summed E-state index contributed by atoms with van der Waals surface area (Å²) in [5.41, 5.74) is 6.02. The number of hydrogen-bond donors (Lipinski definition) is 3. The van der Waals surface area contributed by atoms with E-state index in [0.717, 1.165) is 17.3 Å². The number of carbonyl (C=O) groups excluding carboxylic acids is 2. The summed E-state index contributed by atoms with van der Waals surface area (Å²) in [6, 6.07) is 15.8. The summed E-state index contributed by atoms with van der Waals surface area (Å²) in [6.45, 7) is 0. The number of benzene rings is 2. The quantitative estimate of drug-likeness (QED) is 0.461. The van der Waals surface area contributed by atoms with Gasteiger partial charge >= 0.3 is 0 Å². The maximum atomic E-state index is 11.8. The lowest BCUT2D eigenvalue weighted by Crippen LogP contribution is -2.42. The van der Waals surface area contributed by atoms with Gasteiger partial charge in [-0.2, -0.15) is 0 Å². The van der Waals surface area contributed by atoms with Crippen LogP contribution in [0.3, 0.4) is 0 Å². The highest BCUT2D eigenvalue weighted by molar-refractivity contribution is 7.99. The Morgan fingerprint density at radius 2 is 1.77 bits per heavy atom. The summed E-state index contributed by atoms with van der Waals surface area (Å²) in [4.78, 5) is 28.0. The predicted octanol–water partition coefficient (Wildman–Crippen LogP) is 2.68. The lowest BCUT2D eigenvalue weighted by atomic mass is 10.2. The Balaban J connectivity index is 1.47. The Kier molecular flexibility index (Phi) is 5.88. The van der Waals surface area contributed by atoms with Crippen molar-refractivity contribution in [3.8, 4) is 11.4 Å². The molecule has 0 unspecified atom stereocenters. The first kappa shape index (κ1) is 18.0. The zero-order chi connectivity index (χ0) is 18.4. The van der Waals surface area contributed by atoms with Crippen molar-refractivity contribution in [2.24, 2.45) is 0 Å². The molecular formula is C17H14ClN5O2S. The largest absolute Gasteiger partial charge is 0.272 e. The molecule has 0 aliphatic rings. The number of aromatic nitrogens is 3. The van der Waals surface area contributed by atoms with Crippen LogP contribution in [0.1, 0.15) is 10.4 Å². The van der Waals surface area contributed by atoms with Crippen LogP contribution in [-0.2, 0) is 4.79 Å². The number of nitrogens with zero attached hydrogens (tertiary/aromatic N) is 2. The fourth-order valence-corrected chi connectivity index (χ4v) is 2.73. The molecule has 0 spiro atoms. The van der Waals surface area contributed by atoms with E-state index in [1.54, 1.807) is 42.5 Å². The molecule has 1 heterocycles. The van der Waals surface area contributed by atoms with Gasteiger partial charge < -0.3 is 0 Å². The van der Waals surface area contributed by atoms with Crippen LogP contribution in [0.4, 0.5) is 0 Å². The van der Waals surface area contributed by atoms with E-state index in [9.17, 15) is 9.59 Å². The summed E-state index contributed by atoms with van der Waals surface area (Å²) in [5.74, 6) is -0.0987. The monoisotopic (exact) mass is 387 g/mol. The summed E-state index contributed by atoms with van der Waals surface area (Å²) in [5, 5.41) is 7.93. The van der Waals surface area contributed by atoms with Gasteiger partial charge in [0, 0.05) is 16.1 Å². The third-order valence-corrected chi connectivity index (χ3v) is 4.37. The maximum absolute atomic E-state index is 11.8. The average Bonchev–Trinajstić information content (AvgIpc) is 3.14. The first-order chi connectivity index (χ1) is 12.6. The molecule has 0 fully saturated rings. The summed E-state index contributed by atoms with van der Waals surface area (Å²) < 4.78 is 0. The molecule has 3 aromatic rings. The lowest BCUT2D eigenvalue weighted by molar-refractivity contribution is -0.119. The second-order valence-electron chi connectivity index (χ2n) is 5.13. The number of nitrogens with one attached hydrogen (secondary N) is 3. The first-order valence-electron chi connectivity index (χ1n) is 7.57. The van der Waals surface area contributed by atoms with Crippen LogP contribution in [0.5, 0.6) is 0 Å². The molecule has 7 nitrogen and oxygen atoms in total. The molecule has 0 atom stereocenters. The molecule has 0 aliphatic heterocycles. The van der Waals surface area contributed by atoms with Crippen molar-refractivity contribution in [2.45, 2.75) is 5.16 Å². The molecule has 0 aliphatic carbocycles. The SMILES string of the molecule is O=C(CSc1n[nH]c(-c2ccc(Cl)cc2)n1)NNC(=O)c1ccccc1. The standard InChI is InChI=1S/C17H14ClN5O2S/c18-13-8-6-11(7-9-13)15-19-17(23-21-15)26-10-14(24)20-22-16(25)12-4-2-1-3-5-12/h1-9H,10H2,(H,20,24)(H,22,25)(H,19,21,23). The van der Waals surface area contributed by atoms with E-state index in [2.05, 4.69) is 26.0 Å². The van der Waals surface area contributed by atoms with Gasteiger partial charge in [0.2, 0.25) is 11.1 Å². The fourth-order valence-electron chi connectivity index (χ4n) is 2.00. The number of halogens is 1. The number of hydrogen-bond acceptors (Lipinski definition) is 5. The zero-order valence-corrected chi connectivity index (χ0v) is 15.0. The van der Waals surface area contributed by atoms with Gasteiger partial charge in [0.15, 0.2) is 5.82 Å². The number of H-pyrrole nitrogens is 1. The number of amides is 2. The van der Waals surface area contributed by atoms with Crippen LogP contribution in [0.25, 0.3) is 11.4 Å². The van der Waals surface area contributed by atoms with E-state index in [1.165, 1.54) is 0 Å². The average molecular weight is 388 g/mol. The molecule has 9 heteroatoms. The van der Waals surface area contributed by atoms with Crippen molar-refractivity contribution in [1.29, 1.82) is 0 Å². The number of carbonyl (C=O) groups is 2. The maximum Gasteiger partial charge on any atom is 0.269 e. The van der Waals surface area contributed by atoms with E-state index in [0.29, 0.717) is 21.6 Å². The molecule has 2 amide bonds. The van der Waals surface area contributed by atoms with Gasteiger partial charge in [-0.15, -0.1) is 5.10 Å². The second kappa shape index (κ2) is 8.50. The van der Waals surface area contributed by atoms with Crippen molar-refractivity contribution in [3.05, 3.63) is 65.2 Å².